The van der Waals surface area contributed by atoms with Crippen LogP contribution in [0, 0.1) is 0 Å². The van der Waals surface area contributed by atoms with Crippen molar-refractivity contribution in [3.8, 4) is 11.1 Å². The number of anilines is 2. The minimum absolute atomic E-state index is 0.322. The van der Waals surface area contributed by atoms with E-state index in [-0.39, 0.29) is 6.03 Å². The fraction of sp³-hybridized carbons (Fsp3) is 0.290. The average Bonchev–Trinajstić information content (AvgIpc) is 3.42. The molecule has 1 aromatic heterocycles. The van der Waals surface area contributed by atoms with Crippen molar-refractivity contribution in [3.05, 3.63) is 90.3 Å². The number of amides is 2. The quantitative estimate of drug-likeness (QED) is 0.342. The Morgan fingerprint density at radius 2 is 1.69 bits per heavy atom. The smallest absolute Gasteiger partial charge is 0.323 e. The molecule has 3 heterocycles. The first-order valence-corrected chi connectivity index (χ1v) is 13.3. The van der Waals surface area contributed by atoms with Crippen LogP contribution < -0.4 is 10.6 Å². The molecule has 2 N–H and O–H groups in total. The molecule has 0 spiro atoms. The summed E-state index contributed by atoms with van der Waals surface area (Å²) in [6, 6.07) is 23.5. The van der Waals surface area contributed by atoms with Gasteiger partial charge in [-0.3, -0.25) is 9.88 Å². The number of fused-ring (bicyclic) bond motifs is 1. The second-order valence-electron chi connectivity index (χ2n) is 9.94. The van der Waals surface area contributed by atoms with Gasteiger partial charge in [0.1, 0.15) is 0 Å². The normalized spacial score (nSPS) is 17.3. The van der Waals surface area contributed by atoms with Gasteiger partial charge in [0.15, 0.2) is 5.79 Å². The van der Waals surface area contributed by atoms with E-state index in [9.17, 15) is 4.79 Å². The summed E-state index contributed by atoms with van der Waals surface area (Å²) in [5.74, 6) is -0.796. The second-order valence-corrected chi connectivity index (χ2v) is 9.94. The third kappa shape index (κ3) is 5.65. The maximum Gasteiger partial charge on any atom is 0.323 e. The van der Waals surface area contributed by atoms with Crippen LogP contribution in [-0.4, -0.2) is 55.4 Å². The van der Waals surface area contributed by atoms with Crippen molar-refractivity contribution in [2.24, 2.45) is 0 Å². The van der Waals surface area contributed by atoms with Gasteiger partial charge < -0.3 is 24.8 Å². The molecule has 0 saturated carbocycles. The number of nitrogens with zero attached hydrogens (tertiary/aromatic N) is 2. The Bertz CT molecular complexity index is 1460. The van der Waals surface area contributed by atoms with Gasteiger partial charge in [0.05, 0.1) is 37.8 Å². The van der Waals surface area contributed by atoms with E-state index in [1.54, 1.807) is 0 Å². The Kier molecular flexibility index (Phi) is 7.26. The molecule has 2 aliphatic heterocycles. The van der Waals surface area contributed by atoms with Crippen molar-refractivity contribution < 1.29 is 19.0 Å². The van der Waals surface area contributed by atoms with E-state index in [0.29, 0.717) is 18.9 Å². The molecule has 2 aliphatic rings. The van der Waals surface area contributed by atoms with Crippen LogP contribution >= 0.6 is 0 Å². The van der Waals surface area contributed by atoms with Crippen LogP contribution in [0.25, 0.3) is 21.9 Å². The summed E-state index contributed by atoms with van der Waals surface area (Å²) in [6.45, 7) is 7.23. The van der Waals surface area contributed by atoms with Crippen molar-refractivity contribution in [1.82, 2.24) is 9.88 Å². The third-order valence-electron chi connectivity index (χ3n) is 7.28. The molecular formula is C31H32N4O4. The van der Waals surface area contributed by atoms with Crippen LogP contribution in [0.4, 0.5) is 16.2 Å². The topological polar surface area (TPSA) is 85.0 Å². The molecule has 2 fully saturated rings. The van der Waals surface area contributed by atoms with E-state index >= 15 is 0 Å². The van der Waals surface area contributed by atoms with Gasteiger partial charge in [0.2, 0.25) is 0 Å². The Hall–Kier alpha value is -3.82. The van der Waals surface area contributed by atoms with Crippen LogP contribution in [0.1, 0.15) is 18.2 Å². The number of carbonyl (C=O) groups is 1. The lowest BCUT2D eigenvalue weighted by Gasteiger charge is -2.26. The Balaban J connectivity index is 1.19. The molecule has 4 aromatic rings. The SMILES string of the molecule is CC1(c2cccc(NC(=O)Nc3ccc(-c4ccc(CN5CCOCC5)nc4)c4ccccc34)c2)OCCO1. The number of aromatic nitrogens is 1. The van der Waals surface area contributed by atoms with Gasteiger partial charge in [0, 0.05) is 48.0 Å². The van der Waals surface area contributed by atoms with E-state index in [2.05, 4.69) is 33.7 Å². The first-order chi connectivity index (χ1) is 19.1. The number of hydrogen-bond acceptors (Lipinski definition) is 6. The maximum atomic E-state index is 13.0. The van der Waals surface area contributed by atoms with Gasteiger partial charge in [0.25, 0.3) is 0 Å². The molecule has 0 radical (unpaired) electrons. The van der Waals surface area contributed by atoms with Crippen LogP contribution in [-0.2, 0) is 26.5 Å². The molecule has 0 aliphatic carbocycles. The van der Waals surface area contributed by atoms with E-state index < -0.39 is 5.79 Å². The molecule has 0 unspecified atom stereocenters. The Morgan fingerprint density at radius 1 is 0.897 bits per heavy atom. The highest BCUT2D eigenvalue weighted by atomic mass is 16.7. The summed E-state index contributed by atoms with van der Waals surface area (Å²) in [5, 5.41) is 7.96. The number of hydrogen-bond donors (Lipinski definition) is 2. The summed E-state index contributed by atoms with van der Waals surface area (Å²) in [5.41, 5.74) is 5.40. The molecule has 0 atom stereocenters. The fourth-order valence-corrected chi connectivity index (χ4v) is 5.17. The molecule has 2 amide bonds. The lowest BCUT2D eigenvalue weighted by molar-refractivity contribution is -0.149. The van der Waals surface area contributed by atoms with Crippen LogP contribution in [0.5, 0.6) is 0 Å². The third-order valence-corrected chi connectivity index (χ3v) is 7.28. The summed E-state index contributed by atoms with van der Waals surface area (Å²) in [4.78, 5) is 20.1. The summed E-state index contributed by atoms with van der Waals surface area (Å²) in [6.07, 6.45) is 1.93. The molecule has 8 nitrogen and oxygen atoms in total. The van der Waals surface area contributed by atoms with Gasteiger partial charge in [-0.15, -0.1) is 0 Å². The van der Waals surface area contributed by atoms with Gasteiger partial charge in [-0.2, -0.15) is 0 Å². The summed E-state index contributed by atoms with van der Waals surface area (Å²) >= 11 is 0. The molecular weight excluding hydrogens is 492 g/mol. The van der Waals surface area contributed by atoms with Crippen LogP contribution in [0.2, 0.25) is 0 Å². The molecule has 39 heavy (non-hydrogen) atoms. The van der Waals surface area contributed by atoms with Crippen molar-refractivity contribution in [3.63, 3.8) is 0 Å². The number of morpholine rings is 1. The van der Waals surface area contributed by atoms with Gasteiger partial charge in [-0.05, 0) is 42.1 Å². The zero-order chi connectivity index (χ0) is 26.7. The number of rotatable bonds is 6. The number of carbonyl (C=O) groups excluding carboxylic acids is 1. The fourth-order valence-electron chi connectivity index (χ4n) is 5.17. The van der Waals surface area contributed by atoms with Crippen molar-refractivity contribution >= 4 is 28.2 Å². The van der Waals surface area contributed by atoms with Crippen molar-refractivity contribution in [1.29, 1.82) is 0 Å². The molecule has 8 heteroatoms. The Labute approximate surface area is 227 Å². The van der Waals surface area contributed by atoms with Crippen molar-refractivity contribution in [2.75, 3.05) is 50.2 Å². The predicted molar refractivity (Wildman–Crippen MR) is 152 cm³/mol. The van der Waals surface area contributed by atoms with Crippen molar-refractivity contribution in [2.45, 2.75) is 19.3 Å². The largest absolute Gasteiger partial charge is 0.379 e. The maximum absolute atomic E-state index is 13.0. The zero-order valence-corrected chi connectivity index (χ0v) is 22.0. The molecule has 6 rings (SSSR count). The minimum Gasteiger partial charge on any atom is -0.379 e. The number of pyridine rings is 1. The Morgan fingerprint density at radius 3 is 2.46 bits per heavy atom. The molecule has 200 valence electrons. The van der Waals surface area contributed by atoms with Gasteiger partial charge in [-0.1, -0.05) is 48.5 Å². The molecule has 3 aromatic carbocycles. The van der Waals surface area contributed by atoms with E-state index in [4.69, 9.17) is 19.2 Å². The highest BCUT2D eigenvalue weighted by Gasteiger charge is 2.33. The number of ether oxygens (including phenoxy) is 3. The van der Waals surface area contributed by atoms with E-state index in [0.717, 1.165) is 71.7 Å². The lowest BCUT2D eigenvalue weighted by atomic mass is 9.98. The monoisotopic (exact) mass is 524 g/mol. The summed E-state index contributed by atoms with van der Waals surface area (Å²) < 4.78 is 17.0. The number of urea groups is 1. The highest BCUT2D eigenvalue weighted by Crippen LogP contribution is 2.34. The van der Waals surface area contributed by atoms with Crippen LogP contribution in [0.3, 0.4) is 0 Å². The standard InChI is InChI=1S/C31H32N4O4/c1-31(38-17-18-39-31)23-5-4-6-24(19-23)33-30(36)34-29-12-11-26(27-7-2-3-8-28(27)29)22-9-10-25(32-20-22)21-35-13-15-37-16-14-35/h2-12,19-20H,13-18,21H2,1H3,(H2,33,34,36). The van der Waals surface area contributed by atoms with E-state index in [1.165, 1.54) is 0 Å². The van der Waals surface area contributed by atoms with Gasteiger partial charge >= 0.3 is 6.03 Å². The molecule has 0 bridgehead atoms. The van der Waals surface area contributed by atoms with E-state index in [1.807, 2.05) is 67.7 Å². The highest BCUT2D eigenvalue weighted by molar-refractivity contribution is 6.09. The first kappa shape index (κ1) is 25.5. The average molecular weight is 525 g/mol. The van der Waals surface area contributed by atoms with Gasteiger partial charge in [-0.25, -0.2) is 4.79 Å². The minimum atomic E-state index is -0.796. The number of nitrogens with one attached hydrogen (secondary N) is 2. The zero-order valence-electron chi connectivity index (χ0n) is 22.0. The lowest BCUT2D eigenvalue weighted by Crippen LogP contribution is -2.35. The summed E-state index contributed by atoms with van der Waals surface area (Å²) in [7, 11) is 0. The molecule has 2 saturated heterocycles. The first-order valence-electron chi connectivity index (χ1n) is 13.3. The predicted octanol–water partition coefficient (Wildman–Crippen LogP) is 5.60. The number of benzene rings is 3. The van der Waals surface area contributed by atoms with Crippen LogP contribution in [0.15, 0.2) is 79.0 Å². The second kappa shape index (κ2) is 11.1.